The summed E-state index contributed by atoms with van der Waals surface area (Å²) < 4.78 is 5.41. The van der Waals surface area contributed by atoms with Crippen LogP contribution in [0, 0.1) is 12.3 Å². The highest BCUT2D eigenvalue weighted by molar-refractivity contribution is 6.12. The quantitative estimate of drug-likeness (QED) is 0.144. The number of carbonyl (C=O) groups excluding carboxylic acids is 2. The van der Waals surface area contributed by atoms with Gasteiger partial charge in [0.25, 0.3) is 11.8 Å². The minimum Gasteiger partial charge on any atom is -0.503 e. The van der Waals surface area contributed by atoms with Crippen LogP contribution in [0.2, 0.25) is 0 Å². The number of nitrogens with one attached hydrogen (secondary N) is 3. The Bertz CT molecular complexity index is 1250. The van der Waals surface area contributed by atoms with E-state index >= 15 is 0 Å². The number of likely N-dealkylation sites (N-methyl/N-ethyl adjacent to an activating group) is 1. The molecule has 2 aliphatic rings. The van der Waals surface area contributed by atoms with Crippen molar-refractivity contribution in [1.82, 2.24) is 10.2 Å². The zero-order chi connectivity index (χ0) is 27.9. The molecule has 2 aromatic carbocycles. The summed E-state index contributed by atoms with van der Waals surface area (Å²) in [5.41, 5.74) is 9.58. The zero-order valence-corrected chi connectivity index (χ0v) is 22.6. The average Bonchev–Trinajstić information content (AvgIpc) is 3.40. The van der Waals surface area contributed by atoms with Crippen molar-refractivity contribution in [2.24, 2.45) is 0 Å². The lowest BCUT2D eigenvalue weighted by Gasteiger charge is -2.29. The molecule has 10 nitrogen and oxygen atoms in total. The van der Waals surface area contributed by atoms with Crippen molar-refractivity contribution < 1.29 is 19.4 Å². The largest absolute Gasteiger partial charge is 0.503 e. The third-order valence-electron chi connectivity index (χ3n) is 7.28. The first-order valence-electron chi connectivity index (χ1n) is 13.4. The summed E-state index contributed by atoms with van der Waals surface area (Å²) in [4.78, 5) is 30.0. The number of morpholine rings is 1. The molecule has 0 aromatic heterocycles. The molecule has 1 unspecified atom stereocenters. The van der Waals surface area contributed by atoms with E-state index in [0.717, 1.165) is 56.3 Å². The van der Waals surface area contributed by atoms with Crippen molar-refractivity contribution in [2.75, 3.05) is 61.9 Å². The van der Waals surface area contributed by atoms with Crippen molar-refractivity contribution in [3.05, 3.63) is 64.9 Å². The molecule has 0 bridgehead atoms. The van der Waals surface area contributed by atoms with Gasteiger partial charge >= 0.3 is 0 Å². The molecule has 2 saturated heterocycles. The van der Waals surface area contributed by atoms with E-state index in [0.29, 0.717) is 42.3 Å². The molecule has 4 rings (SSSR count). The first-order chi connectivity index (χ1) is 18.7. The van der Waals surface area contributed by atoms with Gasteiger partial charge in [-0.05, 0) is 68.8 Å². The maximum atomic E-state index is 13.1. The summed E-state index contributed by atoms with van der Waals surface area (Å²) in [6.07, 6.45) is 3.25. The normalized spacial score (nSPS) is 18.2. The van der Waals surface area contributed by atoms with Gasteiger partial charge in [0, 0.05) is 59.9 Å². The van der Waals surface area contributed by atoms with Gasteiger partial charge in [0.2, 0.25) is 0 Å². The van der Waals surface area contributed by atoms with Crippen LogP contribution in [0.5, 0.6) is 0 Å². The number of aliphatic hydroxyl groups is 1. The van der Waals surface area contributed by atoms with E-state index in [1.54, 1.807) is 30.3 Å². The van der Waals surface area contributed by atoms with E-state index in [9.17, 15) is 14.7 Å². The van der Waals surface area contributed by atoms with Crippen molar-refractivity contribution in [3.63, 3.8) is 0 Å². The van der Waals surface area contributed by atoms with Crippen LogP contribution in [0.4, 0.5) is 17.1 Å². The van der Waals surface area contributed by atoms with Crippen LogP contribution in [0.15, 0.2) is 48.2 Å². The molecule has 0 radical (unpaired) electrons. The molecule has 1 atom stereocenters. The van der Waals surface area contributed by atoms with E-state index in [1.807, 2.05) is 13.0 Å². The molecule has 2 aromatic rings. The molecule has 2 amide bonds. The highest BCUT2D eigenvalue weighted by Gasteiger charge is 2.24. The molecule has 6 N–H and O–H groups in total. The van der Waals surface area contributed by atoms with Crippen molar-refractivity contribution in [3.8, 4) is 0 Å². The Morgan fingerprint density at radius 1 is 1.18 bits per heavy atom. The molecule has 2 heterocycles. The Morgan fingerprint density at radius 2 is 1.95 bits per heavy atom. The van der Waals surface area contributed by atoms with Gasteiger partial charge in [0.05, 0.1) is 18.9 Å². The maximum absolute atomic E-state index is 13.1. The maximum Gasteiger partial charge on any atom is 0.286 e. The average molecular weight is 535 g/mol. The number of carbonyl (C=O) groups is 2. The van der Waals surface area contributed by atoms with E-state index in [2.05, 4.69) is 27.4 Å². The SMILES string of the molecule is CCN1CCCC1CNC(=O)/C(O)=C/C(=N)c1cc(NC(=O)c2cc(N)cc(N3CCOCC3)c2)ccc1C. The van der Waals surface area contributed by atoms with Crippen LogP contribution in [0.25, 0.3) is 0 Å². The fourth-order valence-corrected chi connectivity index (χ4v) is 5.09. The fraction of sp³-hybridized carbons (Fsp3) is 0.414. The summed E-state index contributed by atoms with van der Waals surface area (Å²) in [5, 5.41) is 24.5. The minimum atomic E-state index is -0.609. The second-order valence-corrected chi connectivity index (χ2v) is 9.97. The number of aryl methyl sites for hydroxylation is 1. The summed E-state index contributed by atoms with van der Waals surface area (Å²) in [6, 6.07) is 10.7. The Labute approximate surface area is 229 Å². The number of amides is 2. The van der Waals surface area contributed by atoms with E-state index in [4.69, 9.17) is 15.9 Å². The number of nitrogens with two attached hydrogens (primary N) is 1. The van der Waals surface area contributed by atoms with Gasteiger partial charge in [0.15, 0.2) is 5.76 Å². The molecule has 0 saturated carbocycles. The van der Waals surface area contributed by atoms with Gasteiger partial charge in [-0.3, -0.25) is 14.5 Å². The number of ether oxygens (including phenoxy) is 1. The highest BCUT2D eigenvalue weighted by Crippen LogP contribution is 2.24. The molecule has 10 heteroatoms. The number of anilines is 3. The van der Waals surface area contributed by atoms with Crippen molar-refractivity contribution in [2.45, 2.75) is 32.7 Å². The van der Waals surface area contributed by atoms with E-state index in [-0.39, 0.29) is 17.7 Å². The third-order valence-corrected chi connectivity index (χ3v) is 7.28. The molecular weight excluding hydrogens is 496 g/mol. The first-order valence-corrected chi connectivity index (χ1v) is 13.4. The number of benzene rings is 2. The summed E-state index contributed by atoms with van der Waals surface area (Å²) in [5.74, 6) is -1.46. The first kappa shape index (κ1) is 28.1. The zero-order valence-electron chi connectivity index (χ0n) is 22.6. The van der Waals surface area contributed by atoms with Crippen molar-refractivity contribution >= 4 is 34.6 Å². The number of rotatable bonds is 9. The van der Waals surface area contributed by atoms with Gasteiger partial charge in [-0.1, -0.05) is 13.0 Å². The van der Waals surface area contributed by atoms with Gasteiger partial charge in [-0.25, -0.2) is 0 Å². The van der Waals surface area contributed by atoms with Crippen LogP contribution < -0.4 is 21.3 Å². The minimum absolute atomic E-state index is 0.0362. The molecular formula is C29H38N6O4. The summed E-state index contributed by atoms with van der Waals surface area (Å²) in [7, 11) is 0. The number of likely N-dealkylation sites (tertiary alicyclic amines) is 1. The molecule has 208 valence electrons. The van der Waals surface area contributed by atoms with Crippen LogP contribution in [0.3, 0.4) is 0 Å². The topological polar surface area (TPSA) is 144 Å². The van der Waals surface area contributed by atoms with Crippen LogP contribution in [-0.2, 0) is 9.53 Å². The van der Waals surface area contributed by atoms with E-state index < -0.39 is 11.7 Å². The fourth-order valence-electron chi connectivity index (χ4n) is 5.09. The number of aliphatic hydroxyl groups excluding tert-OH is 1. The lowest BCUT2D eigenvalue weighted by Crippen LogP contribution is -2.40. The van der Waals surface area contributed by atoms with E-state index in [1.165, 1.54) is 0 Å². The number of hydrogen-bond donors (Lipinski definition) is 5. The molecule has 0 spiro atoms. The molecule has 2 fully saturated rings. The molecule has 0 aliphatic carbocycles. The Balaban J connectivity index is 1.42. The second kappa shape index (κ2) is 12.8. The predicted octanol–water partition coefficient (Wildman–Crippen LogP) is 3.08. The van der Waals surface area contributed by atoms with Crippen LogP contribution >= 0.6 is 0 Å². The second-order valence-electron chi connectivity index (χ2n) is 9.97. The third kappa shape index (κ3) is 7.15. The number of nitrogens with zero attached hydrogens (tertiary/aromatic N) is 2. The van der Waals surface area contributed by atoms with Crippen LogP contribution in [0.1, 0.15) is 41.3 Å². The Kier molecular flexibility index (Phi) is 9.21. The lowest BCUT2D eigenvalue weighted by molar-refractivity contribution is -0.120. The number of nitrogen functional groups attached to an aromatic ring is 1. The smallest absolute Gasteiger partial charge is 0.286 e. The monoisotopic (exact) mass is 534 g/mol. The Morgan fingerprint density at radius 3 is 2.69 bits per heavy atom. The van der Waals surface area contributed by atoms with Gasteiger partial charge < -0.3 is 36.5 Å². The lowest BCUT2D eigenvalue weighted by atomic mass is 10.0. The number of allylic oxidation sites excluding steroid dienone is 1. The summed E-state index contributed by atoms with van der Waals surface area (Å²) in [6.45, 7) is 9.01. The Hall–Kier alpha value is -3.89. The van der Waals surface area contributed by atoms with Gasteiger partial charge in [-0.15, -0.1) is 0 Å². The van der Waals surface area contributed by atoms with Gasteiger partial charge in [0.1, 0.15) is 0 Å². The van der Waals surface area contributed by atoms with Crippen LogP contribution in [-0.4, -0.2) is 79.5 Å². The standard InChI is InChI=1S/C29H38N6O4/c1-3-34-8-4-5-23(34)18-32-29(38)27(36)17-26(31)25-16-22(7-6-19(25)2)33-28(37)20-13-21(30)15-24(14-20)35-9-11-39-12-10-35/h6-7,13-17,23,31,36H,3-5,8-12,18,30H2,1-2H3,(H,32,38)(H,33,37)/b27-17-,31-26?. The predicted molar refractivity (Wildman–Crippen MR) is 154 cm³/mol. The number of hydrogen-bond acceptors (Lipinski definition) is 8. The van der Waals surface area contributed by atoms with Crippen molar-refractivity contribution in [1.29, 1.82) is 5.41 Å². The highest BCUT2D eigenvalue weighted by atomic mass is 16.5. The summed E-state index contributed by atoms with van der Waals surface area (Å²) >= 11 is 0. The molecule has 39 heavy (non-hydrogen) atoms. The molecule has 2 aliphatic heterocycles. The van der Waals surface area contributed by atoms with Gasteiger partial charge in [-0.2, -0.15) is 0 Å².